The molecule has 1 fully saturated rings. The van der Waals surface area contributed by atoms with E-state index in [9.17, 15) is 9.59 Å². The van der Waals surface area contributed by atoms with Crippen LogP contribution in [0.25, 0.3) is 17.2 Å². The number of nitrogens with one attached hydrogen (secondary N) is 1. The van der Waals surface area contributed by atoms with E-state index in [0.29, 0.717) is 4.91 Å². The SMILES string of the molecule is CN(C)c1cc2c(cc1-c1c(C=C3SC(=O)NC3=O)cccc1N(C)C)C(C)(C)CCC2(C)C. The summed E-state index contributed by atoms with van der Waals surface area (Å²) in [5.74, 6) is -0.336. The highest BCUT2D eigenvalue weighted by Crippen LogP contribution is 2.50. The zero-order valence-corrected chi connectivity index (χ0v) is 22.3. The molecule has 1 N–H and O–H groups in total. The smallest absolute Gasteiger partial charge is 0.290 e. The molecular weight excluding hydrogens is 442 g/mol. The van der Waals surface area contributed by atoms with Gasteiger partial charge in [-0.1, -0.05) is 39.8 Å². The molecule has 1 aliphatic carbocycles. The Bertz CT molecular complexity index is 1210. The zero-order chi connectivity index (χ0) is 25.0. The third kappa shape index (κ3) is 4.24. The zero-order valence-electron chi connectivity index (χ0n) is 21.5. The predicted molar refractivity (Wildman–Crippen MR) is 145 cm³/mol. The summed E-state index contributed by atoms with van der Waals surface area (Å²) in [4.78, 5) is 28.8. The summed E-state index contributed by atoms with van der Waals surface area (Å²) >= 11 is 0.957. The fraction of sp³-hybridized carbons (Fsp3) is 0.429. The van der Waals surface area contributed by atoms with Crippen LogP contribution in [0.5, 0.6) is 0 Å². The molecule has 1 aliphatic heterocycles. The highest BCUT2D eigenvalue weighted by Gasteiger charge is 2.38. The Morgan fingerprint density at radius 3 is 2.00 bits per heavy atom. The highest BCUT2D eigenvalue weighted by atomic mass is 32.2. The second-order valence-electron chi connectivity index (χ2n) is 11.1. The van der Waals surface area contributed by atoms with Crippen molar-refractivity contribution in [3.8, 4) is 11.1 Å². The molecule has 34 heavy (non-hydrogen) atoms. The molecule has 1 heterocycles. The number of carbonyl (C=O) groups excluding carboxylic acids is 2. The number of rotatable bonds is 4. The van der Waals surface area contributed by atoms with Gasteiger partial charge in [-0.15, -0.1) is 0 Å². The van der Waals surface area contributed by atoms with Crippen molar-refractivity contribution in [2.24, 2.45) is 0 Å². The molecule has 2 amide bonds. The van der Waals surface area contributed by atoms with Crippen LogP contribution in [0.15, 0.2) is 35.2 Å². The van der Waals surface area contributed by atoms with Crippen LogP contribution in [0, 0.1) is 0 Å². The van der Waals surface area contributed by atoms with Crippen molar-refractivity contribution in [3.05, 3.63) is 51.9 Å². The number of amides is 2. The lowest BCUT2D eigenvalue weighted by molar-refractivity contribution is -0.115. The summed E-state index contributed by atoms with van der Waals surface area (Å²) in [5.41, 5.74) is 8.34. The van der Waals surface area contributed by atoms with Gasteiger partial charge in [0.1, 0.15) is 0 Å². The minimum absolute atomic E-state index is 0.0732. The molecule has 0 spiro atoms. The third-order valence-corrected chi connectivity index (χ3v) is 8.02. The van der Waals surface area contributed by atoms with E-state index in [-0.39, 0.29) is 22.0 Å². The number of nitrogens with zero attached hydrogens (tertiary/aromatic N) is 2. The Kier molecular flexibility index (Phi) is 6.09. The van der Waals surface area contributed by atoms with Crippen molar-refractivity contribution in [1.29, 1.82) is 0 Å². The lowest BCUT2D eigenvalue weighted by atomic mass is 9.62. The summed E-state index contributed by atoms with van der Waals surface area (Å²) in [5, 5.41) is 2.05. The van der Waals surface area contributed by atoms with Crippen molar-refractivity contribution in [2.45, 2.75) is 51.4 Å². The van der Waals surface area contributed by atoms with Gasteiger partial charge in [-0.05, 0) is 76.4 Å². The van der Waals surface area contributed by atoms with Gasteiger partial charge in [0, 0.05) is 50.7 Å². The first kappa shape index (κ1) is 24.4. The largest absolute Gasteiger partial charge is 0.377 e. The average molecular weight is 478 g/mol. The molecule has 0 bridgehead atoms. The molecule has 2 aromatic carbocycles. The molecule has 5 nitrogen and oxygen atoms in total. The van der Waals surface area contributed by atoms with Crippen LogP contribution < -0.4 is 15.1 Å². The Morgan fingerprint density at radius 2 is 1.47 bits per heavy atom. The summed E-state index contributed by atoms with van der Waals surface area (Å²) in [6.07, 6.45) is 4.14. The van der Waals surface area contributed by atoms with Crippen molar-refractivity contribution >= 4 is 40.4 Å². The topological polar surface area (TPSA) is 52.7 Å². The second-order valence-corrected chi connectivity index (χ2v) is 12.1. The Hall–Kier alpha value is -2.73. The van der Waals surface area contributed by atoms with Crippen molar-refractivity contribution in [1.82, 2.24) is 5.32 Å². The molecule has 0 aromatic heterocycles. The van der Waals surface area contributed by atoms with Crippen molar-refractivity contribution < 1.29 is 9.59 Å². The molecule has 0 atom stereocenters. The molecule has 2 aromatic rings. The van der Waals surface area contributed by atoms with Crippen LogP contribution in [0.2, 0.25) is 0 Å². The minimum Gasteiger partial charge on any atom is -0.377 e. The fourth-order valence-corrected chi connectivity index (χ4v) is 5.75. The van der Waals surface area contributed by atoms with Gasteiger partial charge in [0.25, 0.3) is 11.1 Å². The number of fused-ring (bicyclic) bond motifs is 1. The van der Waals surface area contributed by atoms with Crippen LogP contribution in [-0.4, -0.2) is 39.3 Å². The maximum atomic E-state index is 12.3. The van der Waals surface area contributed by atoms with Crippen LogP contribution in [0.3, 0.4) is 0 Å². The van der Waals surface area contributed by atoms with Crippen LogP contribution in [-0.2, 0) is 15.6 Å². The van der Waals surface area contributed by atoms with E-state index in [1.54, 1.807) is 0 Å². The van der Waals surface area contributed by atoms with Crippen LogP contribution >= 0.6 is 11.8 Å². The average Bonchev–Trinajstić information content (AvgIpc) is 3.07. The maximum Gasteiger partial charge on any atom is 0.290 e. The molecule has 180 valence electrons. The Labute approximate surface area is 207 Å². The quantitative estimate of drug-likeness (QED) is 0.535. The van der Waals surface area contributed by atoms with Crippen LogP contribution in [0.1, 0.15) is 57.2 Å². The lowest BCUT2D eigenvalue weighted by Gasteiger charge is -2.43. The van der Waals surface area contributed by atoms with Gasteiger partial charge in [-0.3, -0.25) is 14.9 Å². The number of carbonyl (C=O) groups is 2. The van der Waals surface area contributed by atoms with Gasteiger partial charge in [0.2, 0.25) is 0 Å². The first-order valence-electron chi connectivity index (χ1n) is 11.7. The predicted octanol–water partition coefficient (Wildman–Crippen LogP) is 6.16. The molecule has 0 unspecified atom stereocenters. The monoisotopic (exact) mass is 477 g/mol. The van der Waals surface area contributed by atoms with Gasteiger partial charge in [-0.25, -0.2) is 0 Å². The van der Waals surface area contributed by atoms with E-state index in [1.165, 1.54) is 11.1 Å². The molecule has 0 saturated carbocycles. The summed E-state index contributed by atoms with van der Waals surface area (Å²) < 4.78 is 0. The van der Waals surface area contributed by atoms with E-state index in [0.717, 1.165) is 52.7 Å². The van der Waals surface area contributed by atoms with Gasteiger partial charge in [0.15, 0.2) is 0 Å². The molecule has 6 heteroatoms. The molecule has 4 rings (SSSR count). The molecule has 2 aliphatic rings. The Morgan fingerprint density at radius 1 is 0.882 bits per heavy atom. The van der Waals surface area contributed by atoms with E-state index >= 15 is 0 Å². The summed E-state index contributed by atoms with van der Waals surface area (Å²) in [6, 6.07) is 10.9. The van der Waals surface area contributed by atoms with E-state index in [4.69, 9.17) is 0 Å². The van der Waals surface area contributed by atoms with Gasteiger partial charge in [-0.2, -0.15) is 0 Å². The first-order chi connectivity index (χ1) is 15.8. The number of imide groups is 1. The summed E-state index contributed by atoms with van der Waals surface area (Å²) in [6.45, 7) is 9.37. The van der Waals surface area contributed by atoms with E-state index < -0.39 is 0 Å². The number of hydrogen-bond acceptors (Lipinski definition) is 5. The first-order valence-corrected chi connectivity index (χ1v) is 12.6. The normalized spacial score (nSPS) is 19.7. The van der Waals surface area contributed by atoms with E-state index in [1.807, 2.05) is 32.3 Å². The number of thioether (sulfide) groups is 1. The minimum atomic E-state index is -0.336. The molecule has 1 saturated heterocycles. The van der Waals surface area contributed by atoms with Gasteiger partial charge in [0.05, 0.1) is 4.91 Å². The van der Waals surface area contributed by atoms with E-state index in [2.05, 4.69) is 75.1 Å². The van der Waals surface area contributed by atoms with Crippen molar-refractivity contribution in [3.63, 3.8) is 0 Å². The van der Waals surface area contributed by atoms with Crippen molar-refractivity contribution in [2.75, 3.05) is 38.0 Å². The lowest BCUT2D eigenvalue weighted by Crippen LogP contribution is -2.34. The number of anilines is 2. The summed E-state index contributed by atoms with van der Waals surface area (Å²) in [7, 11) is 8.25. The molecule has 0 radical (unpaired) electrons. The Balaban J connectivity index is 2.06. The van der Waals surface area contributed by atoms with Gasteiger partial charge >= 0.3 is 0 Å². The fourth-order valence-electron chi connectivity index (χ4n) is 5.08. The maximum absolute atomic E-state index is 12.3. The third-order valence-electron chi connectivity index (χ3n) is 7.21. The standard InChI is InChI=1S/C28H35N3O2S/c1-27(2)12-13-28(3,4)20-16-22(31(7)8)18(15-19(20)27)24-17(10-9-11-21(24)30(5)6)14-23-25(32)29-26(33)34-23/h9-11,14-16H,12-13H2,1-8H3,(H,29,32,33). The highest BCUT2D eigenvalue weighted by molar-refractivity contribution is 8.18. The molecular formula is C28H35N3O2S. The number of hydrogen-bond donors (Lipinski definition) is 1. The van der Waals surface area contributed by atoms with Crippen LogP contribution in [0.4, 0.5) is 16.2 Å². The second kappa shape index (κ2) is 8.49. The van der Waals surface area contributed by atoms with Gasteiger partial charge < -0.3 is 9.80 Å². The number of benzene rings is 2.